The van der Waals surface area contributed by atoms with Gasteiger partial charge >= 0.3 is 21.1 Å². The number of pyridine rings is 1. The molecule has 0 N–H and O–H groups in total. The zero-order valence-corrected chi connectivity index (χ0v) is 18.6. The molecular weight excluding hydrogens is 601 g/mol. The van der Waals surface area contributed by atoms with Crippen LogP contribution >= 0.6 is 0 Å². The van der Waals surface area contributed by atoms with E-state index in [0.29, 0.717) is 0 Å². The number of halogens is 2. The van der Waals surface area contributed by atoms with Crippen LogP contribution in [-0.2, 0) is 21.1 Å². The van der Waals surface area contributed by atoms with Gasteiger partial charge in [0.25, 0.3) is 0 Å². The van der Waals surface area contributed by atoms with E-state index in [9.17, 15) is 0 Å². The Morgan fingerprint density at radius 1 is 0.913 bits per heavy atom. The zero-order chi connectivity index (χ0) is 14.1. The van der Waals surface area contributed by atoms with Gasteiger partial charge in [0.15, 0.2) is 6.67 Å². The standard InChI is InChI=1S/C17H18N3.2BrH.Pt.H2/c1-13-10-14(2)17(15(3)11-13)20-9-8-19(12-20)16-6-4-5-7-18-16;;;;/h4-12H,1-3H3;2*1H;;1H/q;;;+2;/p-2. The van der Waals surface area contributed by atoms with Crippen molar-refractivity contribution >= 4 is 11.5 Å². The summed E-state index contributed by atoms with van der Waals surface area (Å²) in [6.07, 6.45) is 5.91. The molecule has 1 radical (unpaired) electrons. The van der Waals surface area contributed by atoms with Crippen molar-refractivity contribution in [3.8, 4) is 0 Å². The second-order valence-corrected chi connectivity index (χ2v) is 5.16. The largest absolute Gasteiger partial charge is 2.00 e. The van der Waals surface area contributed by atoms with E-state index in [4.69, 9.17) is 0 Å². The van der Waals surface area contributed by atoms with E-state index in [1.807, 2.05) is 35.5 Å². The molecule has 0 aliphatic carbocycles. The van der Waals surface area contributed by atoms with Gasteiger partial charge in [-0.3, -0.25) is 0 Å². The second kappa shape index (κ2) is 9.60. The van der Waals surface area contributed by atoms with Crippen molar-refractivity contribution in [2.75, 3.05) is 9.80 Å². The van der Waals surface area contributed by atoms with Gasteiger partial charge in [0.1, 0.15) is 5.82 Å². The van der Waals surface area contributed by atoms with Gasteiger partial charge in [-0.1, -0.05) is 23.8 Å². The van der Waals surface area contributed by atoms with Crippen LogP contribution in [0.4, 0.5) is 11.5 Å². The number of rotatable bonds is 2. The minimum absolute atomic E-state index is 0. The average molecular weight is 621 g/mol. The SMILES string of the molecule is Cc1cc(C)c(N2[CH]N(c3ccccn3)C=C2)c(C)c1.[Br-].[Br-].[HH].[Pt+2]. The van der Waals surface area contributed by atoms with Crippen LogP contribution in [0.5, 0.6) is 0 Å². The van der Waals surface area contributed by atoms with Crippen molar-refractivity contribution in [3.63, 3.8) is 0 Å². The number of hydrogen-bond acceptors (Lipinski definition) is 3. The molecule has 0 saturated carbocycles. The van der Waals surface area contributed by atoms with Crippen molar-refractivity contribution in [2.45, 2.75) is 20.8 Å². The summed E-state index contributed by atoms with van der Waals surface area (Å²) in [6.45, 7) is 8.50. The van der Waals surface area contributed by atoms with Crippen LogP contribution < -0.4 is 43.8 Å². The predicted molar refractivity (Wildman–Crippen MR) is 85.4 cm³/mol. The third kappa shape index (κ3) is 4.91. The van der Waals surface area contributed by atoms with Crippen molar-refractivity contribution < 1.29 is 56.5 Å². The Hall–Kier alpha value is -0.642. The van der Waals surface area contributed by atoms with Crippen LogP contribution in [0.2, 0.25) is 0 Å². The van der Waals surface area contributed by atoms with Gasteiger partial charge in [-0.15, -0.1) is 0 Å². The first-order valence-electron chi connectivity index (χ1n) is 6.74. The van der Waals surface area contributed by atoms with Gasteiger partial charge in [0.2, 0.25) is 0 Å². The number of nitrogens with zero attached hydrogens (tertiary/aromatic N) is 3. The third-order valence-electron chi connectivity index (χ3n) is 3.44. The maximum atomic E-state index is 4.36. The molecule has 23 heavy (non-hydrogen) atoms. The molecule has 0 amide bonds. The second-order valence-electron chi connectivity index (χ2n) is 5.16. The van der Waals surface area contributed by atoms with Crippen molar-refractivity contribution in [2.24, 2.45) is 0 Å². The molecule has 2 aromatic rings. The zero-order valence-electron chi connectivity index (χ0n) is 13.1. The van der Waals surface area contributed by atoms with Crippen molar-refractivity contribution in [1.82, 2.24) is 4.98 Å². The Bertz CT molecular complexity index is 645. The molecule has 127 valence electrons. The maximum absolute atomic E-state index is 4.36. The van der Waals surface area contributed by atoms with Gasteiger partial charge in [0.05, 0.1) is 0 Å². The number of hydrogen-bond donors (Lipinski definition) is 0. The summed E-state index contributed by atoms with van der Waals surface area (Å²) >= 11 is 0. The fourth-order valence-electron chi connectivity index (χ4n) is 2.71. The summed E-state index contributed by atoms with van der Waals surface area (Å²) in [5.74, 6) is 0.925. The number of aromatic nitrogens is 1. The quantitative estimate of drug-likeness (QED) is 0.394. The third-order valence-corrected chi connectivity index (χ3v) is 3.44. The van der Waals surface area contributed by atoms with E-state index in [2.05, 4.69) is 55.7 Å². The summed E-state index contributed by atoms with van der Waals surface area (Å²) in [4.78, 5) is 8.54. The van der Waals surface area contributed by atoms with E-state index < -0.39 is 0 Å². The number of benzene rings is 1. The maximum Gasteiger partial charge on any atom is 2.00 e. The predicted octanol–water partition coefficient (Wildman–Crippen LogP) is -1.82. The van der Waals surface area contributed by atoms with E-state index in [0.717, 1.165) is 5.82 Å². The molecule has 0 spiro atoms. The summed E-state index contributed by atoms with van der Waals surface area (Å²) in [7, 11) is 0. The van der Waals surface area contributed by atoms with Crippen LogP contribution in [0, 0.1) is 27.4 Å². The summed E-state index contributed by atoms with van der Waals surface area (Å²) in [6, 6.07) is 10.4. The normalized spacial score (nSPS) is 12.3. The van der Waals surface area contributed by atoms with Crippen LogP contribution in [0.1, 0.15) is 18.1 Å². The fourth-order valence-corrected chi connectivity index (χ4v) is 2.71. The fraction of sp³-hybridized carbons (Fsp3) is 0.176. The number of anilines is 2. The molecule has 0 bridgehead atoms. The van der Waals surface area contributed by atoms with Gasteiger partial charge in [0, 0.05) is 25.7 Å². The molecular formula is C17H20Br2N3Pt. The smallest absolute Gasteiger partial charge is 1.00 e. The Kier molecular flexibility index (Phi) is 9.34. The van der Waals surface area contributed by atoms with Crippen LogP contribution in [-0.4, -0.2) is 4.98 Å². The van der Waals surface area contributed by atoms with Gasteiger partial charge in [-0.25, -0.2) is 4.98 Å². The van der Waals surface area contributed by atoms with Crippen molar-refractivity contribution in [3.05, 3.63) is 72.3 Å². The first-order valence-corrected chi connectivity index (χ1v) is 6.74. The Morgan fingerprint density at radius 2 is 1.52 bits per heavy atom. The Labute approximate surface area is 175 Å². The molecule has 3 rings (SSSR count). The molecule has 2 heterocycles. The van der Waals surface area contributed by atoms with E-state index in [1.165, 1.54) is 22.4 Å². The van der Waals surface area contributed by atoms with Gasteiger partial charge in [-0.05, 0) is 44.0 Å². The van der Waals surface area contributed by atoms with Crippen molar-refractivity contribution in [1.29, 1.82) is 0 Å². The molecule has 1 aliphatic heterocycles. The summed E-state index contributed by atoms with van der Waals surface area (Å²) in [5, 5.41) is 0. The van der Waals surface area contributed by atoms with Crippen LogP contribution in [0.15, 0.2) is 48.9 Å². The van der Waals surface area contributed by atoms with Gasteiger partial charge < -0.3 is 43.8 Å². The summed E-state index contributed by atoms with van der Waals surface area (Å²) in [5.41, 5.74) is 5.11. The minimum Gasteiger partial charge on any atom is -1.00 e. The average Bonchev–Trinajstić information content (AvgIpc) is 2.88. The molecule has 1 aromatic heterocycles. The molecule has 1 aliphatic rings. The molecule has 0 fully saturated rings. The molecule has 6 heteroatoms. The molecule has 0 unspecified atom stereocenters. The Morgan fingerprint density at radius 3 is 2.09 bits per heavy atom. The monoisotopic (exact) mass is 619 g/mol. The molecule has 1 aromatic carbocycles. The van der Waals surface area contributed by atoms with Gasteiger partial charge in [-0.2, -0.15) is 0 Å². The van der Waals surface area contributed by atoms with E-state index >= 15 is 0 Å². The minimum atomic E-state index is 0. The van der Waals surface area contributed by atoms with Crippen LogP contribution in [0.3, 0.4) is 0 Å². The molecule has 3 nitrogen and oxygen atoms in total. The van der Waals surface area contributed by atoms with Crippen LogP contribution in [0.25, 0.3) is 0 Å². The topological polar surface area (TPSA) is 19.4 Å². The molecule has 0 saturated heterocycles. The Balaban J connectivity index is 0. The molecule has 0 atom stereocenters. The van der Waals surface area contributed by atoms with E-state index in [1.54, 1.807) is 0 Å². The first kappa shape index (κ1) is 22.4. The summed E-state index contributed by atoms with van der Waals surface area (Å²) < 4.78 is 0. The number of aryl methyl sites for hydroxylation is 3. The first-order chi connectivity index (χ1) is 9.65. The van der Waals surface area contributed by atoms with E-state index in [-0.39, 0.29) is 56.5 Å².